The molecule has 0 aromatic rings. The predicted octanol–water partition coefficient (Wildman–Crippen LogP) is 2.46. The Morgan fingerprint density at radius 3 is 2.38 bits per heavy atom. The molecule has 0 radical (unpaired) electrons. The maximum absolute atomic E-state index is 8.02. The zero-order chi connectivity index (χ0) is 12.7. The number of ether oxygens (including phenoxy) is 2. The first-order valence-electron chi connectivity index (χ1n) is 5.53. The third kappa shape index (κ3) is 4.23. The zero-order valence-corrected chi connectivity index (χ0v) is 11.0. The van der Waals surface area contributed by atoms with Crippen LogP contribution in [0.25, 0.3) is 0 Å². The molecule has 16 heavy (non-hydrogen) atoms. The highest BCUT2D eigenvalue weighted by atomic mass is 16.5. The van der Waals surface area contributed by atoms with Crippen molar-refractivity contribution in [1.29, 1.82) is 5.41 Å². The van der Waals surface area contributed by atoms with E-state index in [1.807, 2.05) is 7.05 Å². The van der Waals surface area contributed by atoms with Gasteiger partial charge in [0.05, 0.1) is 12.8 Å². The van der Waals surface area contributed by atoms with E-state index >= 15 is 0 Å². The van der Waals surface area contributed by atoms with Crippen LogP contribution >= 0.6 is 0 Å². The van der Waals surface area contributed by atoms with Gasteiger partial charge in [-0.2, -0.15) is 0 Å². The molecule has 0 aliphatic heterocycles. The second kappa shape index (κ2) is 7.28. The Balaban J connectivity index is 4.48. The molecule has 0 fully saturated rings. The van der Waals surface area contributed by atoms with E-state index in [4.69, 9.17) is 14.9 Å². The summed E-state index contributed by atoms with van der Waals surface area (Å²) in [4.78, 5) is 1.73. The molecule has 0 aliphatic carbocycles. The molecular formula is C12H24N2O2. The van der Waals surface area contributed by atoms with Gasteiger partial charge < -0.3 is 19.8 Å². The topological polar surface area (TPSA) is 45.6 Å². The van der Waals surface area contributed by atoms with Crippen molar-refractivity contribution in [2.24, 2.45) is 5.92 Å². The van der Waals surface area contributed by atoms with Crippen LogP contribution in [-0.2, 0) is 9.47 Å². The molecule has 0 aliphatic rings. The molecule has 0 rings (SSSR count). The summed E-state index contributed by atoms with van der Waals surface area (Å²) in [5.41, 5.74) is 0.553. The quantitative estimate of drug-likeness (QED) is 0.394. The summed E-state index contributed by atoms with van der Waals surface area (Å²) in [5, 5.41) is 8.02. The van der Waals surface area contributed by atoms with E-state index < -0.39 is 0 Å². The highest BCUT2D eigenvalue weighted by Gasteiger charge is 2.21. The van der Waals surface area contributed by atoms with Gasteiger partial charge in [0, 0.05) is 14.2 Å². The summed E-state index contributed by atoms with van der Waals surface area (Å²) in [6.07, 6.45) is 1.41. The Morgan fingerprint density at radius 2 is 2.00 bits per heavy atom. The van der Waals surface area contributed by atoms with Crippen LogP contribution in [0.5, 0.6) is 0 Å². The van der Waals surface area contributed by atoms with Crippen molar-refractivity contribution in [3.05, 3.63) is 12.5 Å². The molecule has 0 saturated heterocycles. The summed E-state index contributed by atoms with van der Waals surface area (Å²) in [5.74, 6) is 0.995. The first-order valence-corrected chi connectivity index (χ1v) is 5.53. The van der Waals surface area contributed by atoms with Crippen molar-refractivity contribution in [3.63, 3.8) is 0 Å². The number of hydrogen-bond donors (Lipinski definition) is 1. The molecule has 4 nitrogen and oxygen atoms in total. The molecule has 0 bridgehead atoms. The summed E-state index contributed by atoms with van der Waals surface area (Å²) in [6, 6.07) is 0. The van der Waals surface area contributed by atoms with Crippen molar-refractivity contribution >= 4 is 5.71 Å². The SMILES string of the molecule is C=C(OC)N(C)C(OC)C(=N)CC(C)CC. The lowest BCUT2D eigenvalue weighted by Crippen LogP contribution is -2.39. The zero-order valence-electron chi connectivity index (χ0n) is 11.0. The third-order valence-electron chi connectivity index (χ3n) is 2.77. The van der Waals surface area contributed by atoms with Gasteiger partial charge in [-0.25, -0.2) is 0 Å². The Morgan fingerprint density at radius 1 is 1.44 bits per heavy atom. The standard InChI is InChI=1S/C12H24N2O2/c1-7-9(2)8-11(13)12(16-6)14(4)10(3)15-5/h9,12-13H,3,7-8H2,1-2,4-6H3. The van der Waals surface area contributed by atoms with Gasteiger partial charge in [0.15, 0.2) is 12.1 Å². The lowest BCUT2D eigenvalue weighted by molar-refractivity contribution is 0.0151. The van der Waals surface area contributed by atoms with Crippen LogP contribution in [0.3, 0.4) is 0 Å². The minimum absolute atomic E-state index is 0.388. The first-order chi connectivity index (χ1) is 7.47. The first kappa shape index (κ1) is 15.0. The number of hydrogen-bond acceptors (Lipinski definition) is 4. The van der Waals surface area contributed by atoms with Gasteiger partial charge in [0.25, 0.3) is 0 Å². The molecular weight excluding hydrogens is 204 g/mol. The maximum atomic E-state index is 8.02. The van der Waals surface area contributed by atoms with Crippen molar-refractivity contribution in [2.45, 2.75) is 32.9 Å². The number of nitrogens with zero attached hydrogens (tertiary/aromatic N) is 1. The normalized spacial score (nSPS) is 14.1. The van der Waals surface area contributed by atoms with Gasteiger partial charge in [0.2, 0.25) is 0 Å². The number of nitrogens with one attached hydrogen (secondary N) is 1. The fourth-order valence-electron chi connectivity index (χ4n) is 1.43. The van der Waals surface area contributed by atoms with E-state index in [0.29, 0.717) is 17.5 Å². The molecule has 0 amide bonds. The minimum atomic E-state index is -0.388. The number of methoxy groups -OCH3 is 2. The summed E-state index contributed by atoms with van der Waals surface area (Å²) in [7, 11) is 4.96. The van der Waals surface area contributed by atoms with Crippen LogP contribution in [0.1, 0.15) is 26.7 Å². The molecule has 0 aromatic heterocycles. The van der Waals surface area contributed by atoms with E-state index in [2.05, 4.69) is 20.4 Å². The van der Waals surface area contributed by atoms with E-state index in [9.17, 15) is 0 Å². The molecule has 2 unspecified atom stereocenters. The molecule has 0 saturated carbocycles. The molecule has 4 heteroatoms. The Hall–Kier alpha value is -1.03. The molecule has 0 aromatic carbocycles. The van der Waals surface area contributed by atoms with Crippen molar-refractivity contribution in [3.8, 4) is 0 Å². The van der Waals surface area contributed by atoms with Crippen LogP contribution in [0, 0.1) is 11.3 Å². The third-order valence-corrected chi connectivity index (χ3v) is 2.77. The molecule has 1 N–H and O–H groups in total. The van der Waals surface area contributed by atoms with E-state index in [0.717, 1.165) is 12.8 Å². The molecule has 0 heterocycles. The van der Waals surface area contributed by atoms with Crippen LogP contribution in [0.15, 0.2) is 12.5 Å². The van der Waals surface area contributed by atoms with E-state index in [-0.39, 0.29) is 6.23 Å². The van der Waals surface area contributed by atoms with Gasteiger partial charge in [-0.05, 0) is 18.9 Å². The fraction of sp³-hybridized carbons (Fsp3) is 0.750. The van der Waals surface area contributed by atoms with Crippen LogP contribution in [0.4, 0.5) is 0 Å². The van der Waals surface area contributed by atoms with Crippen molar-refractivity contribution < 1.29 is 9.47 Å². The molecule has 94 valence electrons. The largest absolute Gasteiger partial charge is 0.483 e. The summed E-state index contributed by atoms with van der Waals surface area (Å²) in [6.45, 7) is 8.00. The predicted molar refractivity (Wildman–Crippen MR) is 66.5 cm³/mol. The van der Waals surface area contributed by atoms with Crippen molar-refractivity contribution in [1.82, 2.24) is 4.90 Å². The highest BCUT2D eigenvalue weighted by molar-refractivity contribution is 5.85. The van der Waals surface area contributed by atoms with Crippen LogP contribution < -0.4 is 0 Å². The van der Waals surface area contributed by atoms with Crippen LogP contribution in [0.2, 0.25) is 0 Å². The molecule has 0 spiro atoms. The Labute approximate surface area is 98.7 Å². The van der Waals surface area contributed by atoms with Gasteiger partial charge in [0.1, 0.15) is 0 Å². The second-order valence-corrected chi connectivity index (χ2v) is 4.04. The molecule has 2 atom stereocenters. The lowest BCUT2D eigenvalue weighted by Gasteiger charge is -2.30. The monoisotopic (exact) mass is 228 g/mol. The van der Waals surface area contributed by atoms with Gasteiger partial charge in [-0.1, -0.05) is 20.3 Å². The fourth-order valence-corrected chi connectivity index (χ4v) is 1.43. The second-order valence-electron chi connectivity index (χ2n) is 4.04. The minimum Gasteiger partial charge on any atom is -0.483 e. The van der Waals surface area contributed by atoms with Gasteiger partial charge >= 0.3 is 0 Å². The lowest BCUT2D eigenvalue weighted by atomic mass is 10.0. The van der Waals surface area contributed by atoms with E-state index in [1.165, 1.54) is 0 Å². The van der Waals surface area contributed by atoms with E-state index in [1.54, 1.807) is 19.1 Å². The Kier molecular flexibility index (Phi) is 6.81. The smallest absolute Gasteiger partial charge is 0.183 e. The van der Waals surface area contributed by atoms with Gasteiger partial charge in [-0.15, -0.1) is 0 Å². The maximum Gasteiger partial charge on any atom is 0.183 e. The Bertz CT molecular complexity index is 241. The van der Waals surface area contributed by atoms with Crippen molar-refractivity contribution in [2.75, 3.05) is 21.3 Å². The average molecular weight is 228 g/mol. The highest BCUT2D eigenvalue weighted by Crippen LogP contribution is 2.14. The average Bonchev–Trinajstić information content (AvgIpc) is 2.28. The van der Waals surface area contributed by atoms with Gasteiger partial charge in [-0.3, -0.25) is 0 Å². The number of rotatable bonds is 8. The summed E-state index contributed by atoms with van der Waals surface area (Å²) >= 11 is 0. The van der Waals surface area contributed by atoms with Crippen LogP contribution in [-0.4, -0.2) is 38.1 Å². The summed E-state index contributed by atoms with van der Waals surface area (Å²) < 4.78 is 10.3.